The Kier molecular flexibility index (Phi) is 5.23. The second kappa shape index (κ2) is 6.45. The quantitative estimate of drug-likeness (QED) is 0.841. The van der Waals surface area contributed by atoms with Crippen LogP contribution in [0.3, 0.4) is 0 Å². The van der Waals surface area contributed by atoms with Gasteiger partial charge in [0.05, 0.1) is 14.2 Å². The van der Waals surface area contributed by atoms with Crippen LogP contribution >= 0.6 is 0 Å². The largest absolute Gasteiger partial charge is 0.493 e. The summed E-state index contributed by atoms with van der Waals surface area (Å²) in [6.07, 6.45) is 6.15. The van der Waals surface area contributed by atoms with E-state index in [1.807, 2.05) is 32.0 Å². The molecule has 3 nitrogen and oxygen atoms in total. The Balaban J connectivity index is 2.65. The normalized spacial score (nSPS) is 11.8. The van der Waals surface area contributed by atoms with Crippen molar-refractivity contribution >= 4 is 6.08 Å². The first-order chi connectivity index (χ1) is 8.46. The first-order valence-corrected chi connectivity index (χ1v) is 6.14. The summed E-state index contributed by atoms with van der Waals surface area (Å²) in [5, 5.41) is 0. The molecular weight excluding hydrogens is 226 g/mol. The number of ether oxygens (including phenoxy) is 2. The SMILES string of the molecule is COc1ccc(/C=C/CCC(C)(C)N)cc1OC. The molecule has 0 heterocycles. The second-order valence-corrected chi connectivity index (χ2v) is 5.04. The van der Waals surface area contributed by atoms with E-state index in [-0.39, 0.29) is 5.54 Å². The number of rotatable bonds is 6. The smallest absolute Gasteiger partial charge is 0.161 e. The highest BCUT2D eigenvalue weighted by Crippen LogP contribution is 2.28. The number of methoxy groups -OCH3 is 2. The fourth-order valence-electron chi connectivity index (χ4n) is 1.63. The van der Waals surface area contributed by atoms with Crippen molar-refractivity contribution in [2.45, 2.75) is 32.2 Å². The topological polar surface area (TPSA) is 44.5 Å². The molecule has 0 aliphatic heterocycles. The van der Waals surface area contributed by atoms with Gasteiger partial charge in [0, 0.05) is 5.54 Å². The van der Waals surface area contributed by atoms with Gasteiger partial charge in [-0.2, -0.15) is 0 Å². The molecule has 0 atom stereocenters. The standard InChI is InChI=1S/C15H23NO2/c1-15(2,16)10-6-5-7-12-8-9-13(17-3)14(11-12)18-4/h5,7-9,11H,6,10,16H2,1-4H3/b7-5+. The first kappa shape index (κ1) is 14.6. The summed E-state index contributed by atoms with van der Waals surface area (Å²) < 4.78 is 10.5. The molecule has 0 bridgehead atoms. The lowest BCUT2D eigenvalue weighted by Gasteiger charge is -2.16. The predicted molar refractivity (Wildman–Crippen MR) is 76.1 cm³/mol. The van der Waals surface area contributed by atoms with Gasteiger partial charge in [0.1, 0.15) is 0 Å². The summed E-state index contributed by atoms with van der Waals surface area (Å²) in [6, 6.07) is 5.87. The lowest BCUT2D eigenvalue weighted by Crippen LogP contribution is -2.31. The highest BCUT2D eigenvalue weighted by molar-refractivity contribution is 5.55. The Bertz CT molecular complexity index is 405. The van der Waals surface area contributed by atoms with Crippen molar-refractivity contribution in [2.24, 2.45) is 5.73 Å². The van der Waals surface area contributed by atoms with Gasteiger partial charge in [-0.1, -0.05) is 18.2 Å². The van der Waals surface area contributed by atoms with E-state index in [1.165, 1.54) is 0 Å². The van der Waals surface area contributed by atoms with E-state index in [4.69, 9.17) is 15.2 Å². The minimum atomic E-state index is -0.109. The van der Waals surface area contributed by atoms with Crippen LogP contribution < -0.4 is 15.2 Å². The molecule has 0 amide bonds. The Morgan fingerprint density at radius 3 is 2.39 bits per heavy atom. The van der Waals surface area contributed by atoms with Crippen molar-refractivity contribution in [1.29, 1.82) is 0 Å². The fourth-order valence-corrected chi connectivity index (χ4v) is 1.63. The number of benzene rings is 1. The molecule has 0 fully saturated rings. The van der Waals surface area contributed by atoms with Gasteiger partial charge in [-0.05, 0) is 44.4 Å². The molecule has 1 aromatic carbocycles. The van der Waals surface area contributed by atoms with Crippen LogP contribution in [0.2, 0.25) is 0 Å². The zero-order chi connectivity index (χ0) is 13.6. The summed E-state index contributed by atoms with van der Waals surface area (Å²) in [6.45, 7) is 4.08. The minimum absolute atomic E-state index is 0.109. The molecule has 18 heavy (non-hydrogen) atoms. The summed E-state index contributed by atoms with van der Waals surface area (Å²) in [4.78, 5) is 0. The molecule has 0 unspecified atom stereocenters. The van der Waals surface area contributed by atoms with Crippen LogP contribution in [0, 0.1) is 0 Å². The van der Waals surface area contributed by atoms with E-state index in [2.05, 4.69) is 12.2 Å². The van der Waals surface area contributed by atoms with E-state index in [0.29, 0.717) is 0 Å². The molecule has 1 rings (SSSR count). The number of hydrogen-bond acceptors (Lipinski definition) is 3. The van der Waals surface area contributed by atoms with Crippen molar-refractivity contribution in [3.8, 4) is 11.5 Å². The van der Waals surface area contributed by atoms with Crippen LogP contribution in [-0.2, 0) is 0 Å². The van der Waals surface area contributed by atoms with E-state index in [0.717, 1.165) is 29.9 Å². The monoisotopic (exact) mass is 249 g/mol. The average molecular weight is 249 g/mol. The van der Waals surface area contributed by atoms with Crippen LogP contribution in [0.15, 0.2) is 24.3 Å². The van der Waals surface area contributed by atoms with E-state index in [9.17, 15) is 0 Å². The van der Waals surface area contributed by atoms with Gasteiger partial charge in [0.25, 0.3) is 0 Å². The third-order valence-corrected chi connectivity index (χ3v) is 2.67. The van der Waals surface area contributed by atoms with Gasteiger partial charge < -0.3 is 15.2 Å². The lowest BCUT2D eigenvalue weighted by molar-refractivity contribution is 0.355. The molecule has 0 radical (unpaired) electrons. The zero-order valence-corrected chi connectivity index (χ0v) is 11.7. The maximum Gasteiger partial charge on any atom is 0.161 e. The molecule has 0 spiro atoms. The summed E-state index contributed by atoms with van der Waals surface area (Å²) >= 11 is 0. The van der Waals surface area contributed by atoms with E-state index < -0.39 is 0 Å². The van der Waals surface area contributed by atoms with Crippen LogP contribution in [0.5, 0.6) is 11.5 Å². The zero-order valence-electron chi connectivity index (χ0n) is 11.7. The number of nitrogens with two attached hydrogens (primary N) is 1. The fraction of sp³-hybridized carbons (Fsp3) is 0.467. The third kappa shape index (κ3) is 4.80. The summed E-state index contributed by atoms with van der Waals surface area (Å²) in [5.41, 5.74) is 6.92. The summed E-state index contributed by atoms with van der Waals surface area (Å²) in [7, 11) is 3.28. The van der Waals surface area contributed by atoms with Crippen LogP contribution in [0.4, 0.5) is 0 Å². The summed E-state index contributed by atoms with van der Waals surface area (Å²) in [5.74, 6) is 1.50. The van der Waals surface area contributed by atoms with Gasteiger partial charge in [-0.25, -0.2) is 0 Å². The molecule has 1 aromatic rings. The highest BCUT2D eigenvalue weighted by Gasteiger charge is 2.08. The number of allylic oxidation sites excluding steroid dienone is 1. The van der Waals surface area contributed by atoms with Gasteiger partial charge in [-0.3, -0.25) is 0 Å². The van der Waals surface area contributed by atoms with Gasteiger partial charge in [0.15, 0.2) is 11.5 Å². The van der Waals surface area contributed by atoms with E-state index >= 15 is 0 Å². The van der Waals surface area contributed by atoms with Crippen LogP contribution in [-0.4, -0.2) is 19.8 Å². The van der Waals surface area contributed by atoms with Crippen LogP contribution in [0.25, 0.3) is 6.08 Å². The van der Waals surface area contributed by atoms with Crippen molar-refractivity contribution in [2.75, 3.05) is 14.2 Å². The highest BCUT2D eigenvalue weighted by atomic mass is 16.5. The van der Waals surface area contributed by atoms with Gasteiger partial charge in [0.2, 0.25) is 0 Å². The Labute approximate surface area is 110 Å². The molecular formula is C15H23NO2. The molecule has 0 aromatic heterocycles. The number of hydrogen-bond donors (Lipinski definition) is 1. The molecule has 0 saturated carbocycles. The van der Waals surface area contributed by atoms with Crippen molar-refractivity contribution < 1.29 is 9.47 Å². The Morgan fingerprint density at radius 2 is 1.83 bits per heavy atom. The van der Waals surface area contributed by atoms with Crippen molar-refractivity contribution in [3.05, 3.63) is 29.8 Å². The minimum Gasteiger partial charge on any atom is -0.493 e. The average Bonchev–Trinajstić information content (AvgIpc) is 2.33. The molecule has 0 aliphatic rings. The molecule has 3 heteroatoms. The lowest BCUT2D eigenvalue weighted by atomic mass is 10.00. The van der Waals surface area contributed by atoms with Crippen molar-refractivity contribution in [1.82, 2.24) is 0 Å². The second-order valence-electron chi connectivity index (χ2n) is 5.04. The maximum absolute atomic E-state index is 5.93. The van der Waals surface area contributed by atoms with Crippen molar-refractivity contribution in [3.63, 3.8) is 0 Å². The third-order valence-electron chi connectivity index (χ3n) is 2.67. The molecule has 2 N–H and O–H groups in total. The predicted octanol–water partition coefficient (Wildman–Crippen LogP) is 3.23. The van der Waals surface area contributed by atoms with Gasteiger partial charge >= 0.3 is 0 Å². The maximum atomic E-state index is 5.93. The molecule has 0 aliphatic carbocycles. The first-order valence-electron chi connectivity index (χ1n) is 6.14. The van der Waals surface area contributed by atoms with Gasteiger partial charge in [-0.15, -0.1) is 0 Å². The van der Waals surface area contributed by atoms with Crippen LogP contribution in [0.1, 0.15) is 32.3 Å². The molecule has 100 valence electrons. The van der Waals surface area contributed by atoms with E-state index in [1.54, 1.807) is 14.2 Å². The molecule has 0 saturated heterocycles. The Morgan fingerprint density at radius 1 is 1.17 bits per heavy atom. The Hall–Kier alpha value is -1.48.